The standard InChI is InChI=1S/C20H19F3N4O2.C2H2.CH4O/c1-12-3-4-13(5-6-29-2)9-17(12)25-20-26-18(28)10-24-27(20)11-14-7-15(21)19(23)16(22)8-14;2*1-2/h3-4,7-10H,5-6,11H2,1-2H3,(H,25,26,28);1-2H;2H,1H3. The van der Waals surface area contributed by atoms with Crippen LogP contribution in [0.2, 0.25) is 0 Å². The molecular formula is C23H25F3N4O3. The van der Waals surface area contributed by atoms with Crippen LogP contribution in [-0.2, 0) is 17.7 Å². The van der Waals surface area contributed by atoms with Gasteiger partial charge in [0, 0.05) is 19.9 Å². The van der Waals surface area contributed by atoms with Crippen molar-refractivity contribution in [2.75, 3.05) is 26.1 Å². The van der Waals surface area contributed by atoms with Gasteiger partial charge in [-0.2, -0.15) is 10.1 Å². The Morgan fingerprint density at radius 3 is 2.33 bits per heavy atom. The molecule has 0 saturated carbocycles. The quantitative estimate of drug-likeness (QED) is 0.414. The summed E-state index contributed by atoms with van der Waals surface area (Å²) in [6, 6.07) is 7.52. The van der Waals surface area contributed by atoms with Crippen LogP contribution in [0.25, 0.3) is 0 Å². The molecule has 0 spiro atoms. The molecule has 0 radical (unpaired) electrons. The van der Waals surface area contributed by atoms with Gasteiger partial charge in [-0.3, -0.25) is 4.79 Å². The van der Waals surface area contributed by atoms with Gasteiger partial charge in [-0.15, -0.1) is 12.8 Å². The molecule has 176 valence electrons. The van der Waals surface area contributed by atoms with E-state index in [2.05, 4.69) is 28.2 Å². The normalized spacial score (nSPS) is 9.85. The molecule has 1 heterocycles. The number of hydrogen-bond acceptors (Lipinski definition) is 6. The number of halogens is 3. The maximum Gasteiger partial charge on any atom is 0.293 e. The largest absolute Gasteiger partial charge is 0.400 e. The van der Waals surface area contributed by atoms with E-state index in [-0.39, 0.29) is 18.1 Å². The van der Waals surface area contributed by atoms with E-state index in [1.807, 2.05) is 25.1 Å². The average Bonchev–Trinajstić information content (AvgIpc) is 2.82. The first-order valence-corrected chi connectivity index (χ1v) is 9.58. The lowest BCUT2D eigenvalue weighted by atomic mass is 10.1. The summed E-state index contributed by atoms with van der Waals surface area (Å²) in [5.74, 6) is -4.05. The average molecular weight is 462 g/mol. The first-order chi connectivity index (χ1) is 15.9. The van der Waals surface area contributed by atoms with Crippen LogP contribution in [0.3, 0.4) is 0 Å². The molecule has 0 aliphatic rings. The van der Waals surface area contributed by atoms with Crippen LogP contribution >= 0.6 is 0 Å². The minimum Gasteiger partial charge on any atom is -0.400 e. The highest BCUT2D eigenvalue weighted by Crippen LogP contribution is 2.21. The minimum atomic E-state index is -1.54. The Labute approximate surface area is 189 Å². The van der Waals surface area contributed by atoms with Crippen molar-refractivity contribution in [3.05, 3.63) is 81.0 Å². The number of nitrogens with zero attached hydrogens (tertiary/aromatic N) is 3. The van der Waals surface area contributed by atoms with E-state index in [4.69, 9.17) is 9.84 Å². The Morgan fingerprint density at radius 1 is 1.09 bits per heavy atom. The van der Waals surface area contributed by atoms with Gasteiger partial charge in [0.25, 0.3) is 5.56 Å². The SMILES string of the molecule is C#C.CO.COCCc1ccc(C)c(Nc2nc(=O)cnn2Cc2cc(F)c(F)c(F)c2)c1. The highest BCUT2D eigenvalue weighted by atomic mass is 19.2. The van der Waals surface area contributed by atoms with E-state index in [0.717, 1.165) is 36.6 Å². The van der Waals surface area contributed by atoms with Gasteiger partial charge in [0.15, 0.2) is 17.5 Å². The molecule has 0 aliphatic carbocycles. The van der Waals surface area contributed by atoms with Crippen LogP contribution in [0, 0.1) is 37.2 Å². The van der Waals surface area contributed by atoms with Crippen LogP contribution in [0.1, 0.15) is 16.7 Å². The fourth-order valence-electron chi connectivity index (χ4n) is 2.74. The fourth-order valence-corrected chi connectivity index (χ4v) is 2.74. The van der Waals surface area contributed by atoms with Crippen molar-refractivity contribution in [3.8, 4) is 12.8 Å². The molecule has 0 fully saturated rings. The zero-order valence-electron chi connectivity index (χ0n) is 18.5. The molecular weight excluding hydrogens is 437 g/mol. The van der Waals surface area contributed by atoms with Gasteiger partial charge < -0.3 is 15.2 Å². The van der Waals surface area contributed by atoms with Gasteiger partial charge >= 0.3 is 0 Å². The lowest BCUT2D eigenvalue weighted by molar-refractivity contribution is 0.202. The molecule has 0 atom stereocenters. The smallest absolute Gasteiger partial charge is 0.293 e. The van der Waals surface area contributed by atoms with Gasteiger partial charge in [0.1, 0.15) is 6.20 Å². The van der Waals surface area contributed by atoms with Crippen LogP contribution in [0.5, 0.6) is 0 Å². The highest BCUT2D eigenvalue weighted by Gasteiger charge is 2.13. The lowest BCUT2D eigenvalue weighted by Gasteiger charge is -2.15. The lowest BCUT2D eigenvalue weighted by Crippen LogP contribution is -2.19. The van der Waals surface area contributed by atoms with Crippen molar-refractivity contribution in [2.45, 2.75) is 19.9 Å². The summed E-state index contributed by atoms with van der Waals surface area (Å²) in [5.41, 5.74) is 2.17. The molecule has 3 aromatic rings. The van der Waals surface area contributed by atoms with E-state index in [1.54, 1.807) is 7.11 Å². The minimum absolute atomic E-state index is 0.0923. The molecule has 0 amide bonds. The zero-order valence-corrected chi connectivity index (χ0v) is 18.5. The van der Waals surface area contributed by atoms with Crippen LogP contribution in [0.15, 0.2) is 41.3 Å². The fraction of sp³-hybridized carbons (Fsp3) is 0.261. The summed E-state index contributed by atoms with van der Waals surface area (Å²) >= 11 is 0. The van der Waals surface area contributed by atoms with Crippen LogP contribution in [-0.4, -0.2) is 40.7 Å². The molecule has 0 bridgehead atoms. The number of hydrogen-bond donors (Lipinski definition) is 2. The summed E-state index contributed by atoms with van der Waals surface area (Å²) in [7, 11) is 2.62. The third-order valence-corrected chi connectivity index (χ3v) is 4.29. The summed E-state index contributed by atoms with van der Waals surface area (Å²) in [6.45, 7) is 2.32. The summed E-state index contributed by atoms with van der Waals surface area (Å²) < 4.78 is 46.6. The number of aliphatic hydroxyl groups excluding tert-OH is 1. The van der Waals surface area contributed by atoms with Crippen molar-refractivity contribution < 1.29 is 23.0 Å². The molecule has 7 nitrogen and oxygen atoms in total. The van der Waals surface area contributed by atoms with Gasteiger partial charge in [-0.05, 0) is 48.2 Å². The monoisotopic (exact) mass is 462 g/mol. The number of nitrogens with one attached hydrogen (secondary N) is 1. The highest BCUT2D eigenvalue weighted by molar-refractivity contribution is 5.59. The molecule has 0 saturated heterocycles. The first-order valence-electron chi connectivity index (χ1n) is 9.58. The number of anilines is 2. The molecule has 0 aliphatic heterocycles. The second kappa shape index (κ2) is 13.7. The third-order valence-electron chi connectivity index (χ3n) is 4.29. The number of aromatic nitrogens is 3. The Hall–Kier alpha value is -3.68. The first kappa shape index (κ1) is 27.4. The molecule has 3 rings (SSSR count). The van der Waals surface area contributed by atoms with Crippen LogP contribution < -0.4 is 10.9 Å². The summed E-state index contributed by atoms with van der Waals surface area (Å²) in [4.78, 5) is 15.6. The van der Waals surface area contributed by atoms with Gasteiger partial charge in [-0.1, -0.05) is 12.1 Å². The van der Waals surface area contributed by atoms with Gasteiger partial charge in [-0.25, -0.2) is 17.9 Å². The Kier molecular flexibility index (Phi) is 11.3. The third kappa shape index (κ3) is 7.75. The number of terminal acetylenes is 1. The maximum absolute atomic E-state index is 13.5. The number of rotatable bonds is 7. The zero-order chi connectivity index (χ0) is 25.0. The van der Waals surface area contributed by atoms with Gasteiger partial charge in [0.05, 0.1) is 13.2 Å². The molecule has 10 heteroatoms. The second-order valence-electron chi connectivity index (χ2n) is 6.47. The van der Waals surface area contributed by atoms with Gasteiger partial charge in [0.2, 0.25) is 5.95 Å². The summed E-state index contributed by atoms with van der Waals surface area (Å²) in [5, 5.41) is 14.0. The number of aryl methyl sites for hydroxylation is 1. The molecule has 33 heavy (non-hydrogen) atoms. The second-order valence-corrected chi connectivity index (χ2v) is 6.47. The van der Waals surface area contributed by atoms with Crippen molar-refractivity contribution >= 4 is 11.6 Å². The molecule has 2 N–H and O–H groups in total. The Morgan fingerprint density at radius 2 is 1.73 bits per heavy atom. The van der Waals surface area contributed by atoms with E-state index in [0.29, 0.717) is 18.7 Å². The Balaban J connectivity index is 0.00000129. The van der Waals surface area contributed by atoms with Crippen molar-refractivity contribution in [3.63, 3.8) is 0 Å². The molecule has 1 aromatic heterocycles. The topological polar surface area (TPSA) is 89.3 Å². The van der Waals surface area contributed by atoms with E-state index < -0.39 is 23.0 Å². The van der Waals surface area contributed by atoms with E-state index >= 15 is 0 Å². The predicted octanol–water partition coefficient (Wildman–Crippen LogP) is 3.20. The predicted molar refractivity (Wildman–Crippen MR) is 120 cm³/mol. The number of aliphatic hydroxyl groups is 1. The summed E-state index contributed by atoms with van der Waals surface area (Å²) in [6.07, 6.45) is 9.69. The van der Waals surface area contributed by atoms with Crippen molar-refractivity contribution in [2.24, 2.45) is 0 Å². The Bertz CT molecular complexity index is 1110. The van der Waals surface area contributed by atoms with E-state index in [9.17, 15) is 18.0 Å². The maximum atomic E-state index is 13.5. The number of benzene rings is 2. The molecule has 2 aromatic carbocycles. The number of methoxy groups -OCH3 is 1. The van der Waals surface area contributed by atoms with Crippen LogP contribution in [0.4, 0.5) is 24.8 Å². The number of ether oxygens (including phenoxy) is 1. The van der Waals surface area contributed by atoms with Crippen molar-refractivity contribution in [1.29, 1.82) is 0 Å². The molecule has 0 unspecified atom stereocenters. The van der Waals surface area contributed by atoms with Crippen molar-refractivity contribution in [1.82, 2.24) is 14.8 Å². The van der Waals surface area contributed by atoms with E-state index in [1.165, 1.54) is 4.68 Å².